The normalized spacial score (nSPS) is 23.3. The zero-order chi connectivity index (χ0) is 18.5. The van der Waals surface area contributed by atoms with Gasteiger partial charge in [-0.1, -0.05) is 66.5 Å². The van der Waals surface area contributed by atoms with Crippen molar-refractivity contribution in [3.8, 4) is 0 Å². The summed E-state index contributed by atoms with van der Waals surface area (Å²) in [6.07, 6.45) is 4.76. The average Bonchev–Trinajstić information content (AvgIpc) is 3.52. The molecule has 2 aromatic carbocycles. The lowest BCUT2D eigenvalue weighted by atomic mass is 9.98. The lowest BCUT2D eigenvalue weighted by molar-refractivity contribution is 0.112. The highest BCUT2D eigenvalue weighted by molar-refractivity contribution is 7.96. The molecule has 2 unspecified atom stereocenters. The first-order valence-electron chi connectivity index (χ1n) is 10.0. The number of rotatable bonds is 8. The Bertz CT molecular complexity index is 726. The lowest BCUT2D eigenvalue weighted by Crippen LogP contribution is -2.34. The van der Waals surface area contributed by atoms with Crippen LogP contribution in [-0.4, -0.2) is 36.3 Å². The van der Waals surface area contributed by atoms with Gasteiger partial charge >= 0.3 is 0 Å². The molecule has 0 aromatic heterocycles. The maximum absolute atomic E-state index is 10.7. The molecule has 2 fully saturated rings. The van der Waals surface area contributed by atoms with Gasteiger partial charge in [0.05, 0.1) is 0 Å². The molecule has 1 saturated carbocycles. The first-order valence-corrected chi connectivity index (χ1v) is 11.0. The van der Waals surface area contributed by atoms with E-state index in [0.717, 1.165) is 29.4 Å². The molecule has 2 aromatic rings. The summed E-state index contributed by atoms with van der Waals surface area (Å²) in [7, 11) is 0. The maximum Gasteiger partial charge on any atom is 0.150 e. The van der Waals surface area contributed by atoms with Gasteiger partial charge in [-0.05, 0) is 42.9 Å². The van der Waals surface area contributed by atoms with Crippen LogP contribution in [0.3, 0.4) is 0 Å². The highest BCUT2D eigenvalue weighted by Gasteiger charge is 2.38. The van der Waals surface area contributed by atoms with Crippen LogP contribution in [0.25, 0.3) is 0 Å². The van der Waals surface area contributed by atoms with Crippen LogP contribution >= 0.6 is 11.9 Å². The molecule has 1 heterocycles. The van der Waals surface area contributed by atoms with Gasteiger partial charge in [-0.2, -0.15) is 0 Å². The van der Waals surface area contributed by atoms with Gasteiger partial charge in [0.1, 0.15) is 6.29 Å². The third kappa shape index (κ3) is 5.22. The minimum atomic E-state index is 0.689. The monoisotopic (exact) mass is 380 g/mol. The summed E-state index contributed by atoms with van der Waals surface area (Å²) in [5, 5.41) is 3.80. The zero-order valence-corrected chi connectivity index (χ0v) is 16.5. The molecule has 0 spiro atoms. The molecule has 3 nitrogen and oxygen atoms in total. The molecule has 0 bridgehead atoms. The van der Waals surface area contributed by atoms with Crippen molar-refractivity contribution in [3.05, 3.63) is 71.3 Å². The van der Waals surface area contributed by atoms with E-state index in [1.165, 1.54) is 50.0 Å². The molecule has 4 rings (SSSR count). The molecule has 27 heavy (non-hydrogen) atoms. The third-order valence-corrected chi connectivity index (χ3v) is 6.98. The fourth-order valence-corrected chi connectivity index (χ4v) is 4.90. The summed E-state index contributed by atoms with van der Waals surface area (Å²) in [6, 6.07) is 19.5. The lowest BCUT2D eigenvalue weighted by Gasteiger charge is -2.31. The van der Waals surface area contributed by atoms with E-state index in [1.54, 1.807) is 0 Å². The molecule has 4 heteroatoms. The van der Waals surface area contributed by atoms with E-state index in [4.69, 9.17) is 0 Å². The highest BCUT2D eigenvalue weighted by Crippen LogP contribution is 2.40. The summed E-state index contributed by atoms with van der Waals surface area (Å²) < 4.78 is 2.51. The second-order valence-electron chi connectivity index (χ2n) is 7.77. The second kappa shape index (κ2) is 9.05. The van der Waals surface area contributed by atoms with Crippen molar-refractivity contribution < 1.29 is 4.79 Å². The Morgan fingerprint density at radius 3 is 2.48 bits per heavy atom. The molecule has 0 amide bonds. The summed E-state index contributed by atoms with van der Waals surface area (Å²) in [5.41, 5.74) is 3.53. The number of nitrogens with one attached hydrogen (secondary N) is 1. The summed E-state index contributed by atoms with van der Waals surface area (Å²) >= 11 is 1.92. The smallest absolute Gasteiger partial charge is 0.150 e. The topological polar surface area (TPSA) is 32.3 Å². The van der Waals surface area contributed by atoms with Gasteiger partial charge in [0.2, 0.25) is 0 Å². The standard InChI is InChI=1S/C23H28N2OS/c26-16-19-6-8-20(9-7-19)17-27-25-12-10-18(11-13-25)15-24-23-14-22(23)21-4-2-1-3-5-21/h1-9,16,18,22-24H,10-15,17H2. The van der Waals surface area contributed by atoms with Crippen molar-refractivity contribution in [1.29, 1.82) is 0 Å². The average molecular weight is 381 g/mol. The van der Waals surface area contributed by atoms with E-state index >= 15 is 0 Å². The third-order valence-electron chi connectivity index (χ3n) is 5.79. The number of carbonyl (C=O) groups excluding carboxylic acids is 1. The molecule has 1 aliphatic heterocycles. The van der Waals surface area contributed by atoms with Crippen LogP contribution in [0.4, 0.5) is 0 Å². The Morgan fingerprint density at radius 1 is 1.04 bits per heavy atom. The van der Waals surface area contributed by atoms with E-state index in [1.807, 2.05) is 24.1 Å². The van der Waals surface area contributed by atoms with Crippen LogP contribution < -0.4 is 5.32 Å². The van der Waals surface area contributed by atoms with Gasteiger partial charge in [0, 0.05) is 36.4 Å². The molecule has 142 valence electrons. The maximum atomic E-state index is 10.7. The first kappa shape index (κ1) is 18.7. The number of aldehydes is 1. The molecule has 2 atom stereocenters. The predicted octanol–water partition coefficient (Wildman–Crippen LogP) is 4.51. The van der Waals surface area contributed by atoms with Crippen molar-refractivity contribution in [2.75, 3.05) is 19.6 Å². The first-order chi connectivity index (χ1) is 13.3. The Morgan fingerprint density at radius 2 is 1.78 bits per heavy atom. The van der Waals surface area contributed by atoms with Crippen LogP contribution in [0.1, 0.15) is 46.7 Å². The molecular formula is C23H28N2OS. The minimum Gasteiger partial charge on any atom is -0.313 e. The molecule has 1 saturated heterocycles. The number of piperidine rings is 1. The number of nitrogens with zero attached hydrogens (tertiary/aromatic N) is 1. The highest BCUT2D eigenvalue weighted by atomic mass is 32.2. The van der Waals surface area contributed by atoms with E-state index in [-0.39, 0.29) is 0 Å². The van der Waals surface area contributed by atoms with E-state index in [9.17, 15) is 4.79 Å². The Balaban J connectivity index is 1.13. The van der Waals surface area contributed by atoms with Crippen molar-refractivity contribution in [3.63, 3.8) is 0 Å². The van der Waals surface area contributed by atoms with Gasteiger partial charge < -0.3 is 5.32 Å². The van der Waals surface area contributed by atoms with Crippen LogP contribution in [-0.2, 0) is 5.75 Å². The van der Waals surface area contributed by atoms with Gasteiger partial charge in [-0.3, -0.25) is 9.10 Å². The molecular weight excluding hydrogens is 352 g/mol. The summed E-state index contributed by atoms with van der Waals surface area (Å²) in [5.74, 6) is 2.53. The summed E-state index contributed by atoms with van der Waals surface area (Å²) in [4.78, 5) is 10.7. The van der Waals surface area contributed by atoms with E-state index < -0.39 is 0 Å². The molecule has 1 aliphatic carbocycles. The van der Waals surface area contributed by atoms with Gasteiger partial charge in [-0.15, -0.1) is 0 Å². The molecule has 0 radical (unpaired) electrons. The largest absolute Gasteiger partial charge is 0.313 e. The van der Waals surface area contributed by atoms with Crippen LogP contribution in [0.5, 0.6) is 0 Å². The minimum absolute atomic E-state index is 0.689. The Hall–Kier alpha value is -1.62. The van der Waals surface area contributed by atoms with Gasteiger partial charge in [0.25, 0.3) is 0 Å². The molecule has 1 N–H and O–H groups in total. The second-order valence-corrected chi connectivity index (χ2v) is 8.84. The Labute approximate surface area is 166 Å². The van der Waals surface area contributed by atoms with Crippen LogP contribution in [0.15, 0.2) is 54.6 Å². The van der Waals surface area contributed by atoms with Crippen molar-refractivity contribution in [2.24, 2.45) is 5.92 Å². The van der Waals surface area contributed by atoms with E-state index in [0.29, 0.717) is 6.04 Å². The van der Waals surface area contributed by atoms with E-state index in [2.05, 4.69) is 52.1 Å². The van der Waals surface area contributed by atoms with Crippen molar-refractivity contribution in [1.82, 2.24) is 9.62 Å². The fraction of sp³-hybridized carbons (Fsp3) is 0.435. The number of carbonyl (C=O) groups is 1. The van der Waals surface area contributed by atoms with Gasteiger partial charge in [-0.25, -0.2) is 0 Å². The summed E-state index contributed by atoms with van der Waals surface area (Å²) in [6.45, 7) is 3.52. The van der Waals surface area contributed by atoms with Gasteiger partial charge in [0.15, 0.2) is 0 Å². The number of hydrogen-bond donors (Lipinski definition) is 1. The quantitative estimate of drug-likeness (QED) is 0.540. The SMILES string of the molecule is O=Cc1ccc(CSN2CCC(CNC3CC3c3ccccc3)CC2)cc1. The van der Waals surface area contributed by atoms with Crippen LogP contribution in [0, 0.1) is 5.92 Å². The predicted molar refractivity (Wildman–Crippen MR) is 113 cm³/mol. The van der Waals surface area contributed by atoms with Crippen molar-refractivity contribution in [2.45, 2.75) is 37.0 Å². The molecule has 2 aliphatic rings. The fourth-order valence-electron chi connectivity index (χ4n) is 3.91. The Kier molecular flexibility index (Phi) is 6.28. The number of benzene rings is 2. The van der Waals surface area contributed by atoms with Crippen LogP contribution in [0.2, 0.25) is 0 Å². The number of hydrogen-bond acceptors (Lipinski definition) is 4. The van der Waals surface area contributed by atoms with Crippen molar-refractivity contribution >= 4 is 18.2 Å². The zero-order valence-electron chi connectivity index (χ0n) is 15.7.